The number of rotatable bonds is 10. The summed E-state index contributed by atoms with van der Waals surface area (Å²) in [6, 6.07) is 11.9. The van der Waals surface area contributed by atoms with Gasteiger partial charge in [-0.25, -0.2) is 9.48 Å². The van der Waals surface area contributed by atoms with Gasteiger partial charge in [0.2, 0.25) is 0 Å². The molecule has 166 valence electrons. The van der Waals surface area contributed by atoms with Gasteiger partial charge in [0.1, 0.15) is 5.15 Å². The van der Waals surface area contributed by atoms with Crippen LogP contribution in [0.2, 0.25) is 5.15 Å². The van der Waals surface area contributed by atoms with Gasteiger partial charge in [-0.1, -0.05) is 41.4 Å². The number of hydrogen-bond acceptors (Lipinski definition) is 6. The molecule has 32 heavy (non-hydrogen) atoms. The average Bonchev–Trinajstić information content (AvgIpc) is 3.04. The molecule has 0 spiro atoms. The van der Waals surface area contributed by atoms with E-state index in [4.69, 9.17) is 26.9 Å². The van der Waals surface area contributed by atoms with Crippen molar-refractivity contribution in [3.05, 3.63) is 57.9 Å². The Kier molecular flexibility index (Phi) is 9.46. The number of aryl methyl sites for hydroxylation is 2. The van der Waals surface area contributed by atoms with Crippen LogP contribution < -0.4 is 0 Å². The topological polar surface area (TPSA) is 112 Å². The van der Waals surface area contributed by atoms with E-state index < -0.39 is 18.5 Å². The first-order valence-corrected chi connectivity index (χ1v) is 10.4. The van der Waals surface area contributed by atoms with Crippen LogP contribution in [-0.2, 0) is 20.9 Å². The highest BCUT2D eigenvalue weighted by atomic mass is 35.5. The molecule has 2 rings (SSSR count). The lowest BCUT2D eigenvalue weighted by Gasteiger charge is -2.19. The van der Waals surface area contributed by atoms with Gasteiger partial charge < -0.3 is 9.64 Å². The van der Waals surface area contributed by atoms with Crippen LogP contribution in [0.25, 0.3) is 6.08 Å². The van der Waals surface area contributed by atoms with Crippen molar-refractivity contribution < 1.29 is 14.3 Å². The van der Waals surface area contributed by atoms with E-state index in [2.05, 4.69) is 5.10 Å². The first-order valence-electron chi connectivity index (χ1n) is 10.0. The number of carbonyl (C=O) groups is 2. The van der Waals surface area contributed by atoms with Crippen molar-refractivity contribution >= 4 is 29.6 Å². The number of benzene rings is 1. The first kappa shape index (κ1) is 24.6. The monoisotopic (exact) mass is 453 g/mol. The molecular weight excluding hydrogens is 430 g/mol. The van der Waals surface area contributed by atoms with E-state index in [0.29, 0.717) is 23.0 Å². The summed E-state index contributed by atoms with van der Waals surface area (Å²) >= 11 is 6.44. The number of halogens is 1. The molecule has 0 unspecified atom stereocenters. The fourth-order valence-corrected chi connectivity index (χ4v) is 3.18. The zero-order valence-corrected chi connectivity index (χ0v) is 18.8. The molecular formula is C23H24ClN5O3. The fourth-order valence-electron chi connectivity index (χ4n) is 2.88. The van der Waals surface area contributed by atoms with E-state index in [1.165, 1.54) is 17.1 Å². The van der Waals surface area contributed by atoms with E-state index in [-0.39, 0.29) is 25.9 Å². The predicted octanol–water partition coefficient (Wildman–Crippen LogP) is 3.41. The minimum absolute atomic E-state index is 0.134. The summed E-state index contributed by atoms with van der Waals surface area (Å²) in [7, 11) is 0. The molecule has 1 aromatic heterocycles. The minimum Gasteiger partial charge on any atom is -0.452 e. The summed E-state index contributed by atoms with van der Waals surface area (Å²) in [4.78, 5) is 25.6. The summed E-state index contributed by atoms with van der Waals surface area (Å²) in [6.07, 6.45) is 2.96. The first-order chi connectivity index (χ1) is 15.3. The Bertz CT molecular complexity index is 1040. The largest absolute Gasteiger partial charge is 0.452 e. The summed E-state index contributed by atoms with van der Waals surface area (Å²) in [5, 5.41) is 22.2. The highest BCUT2D eigenvalue weighted by Gasteiger charge is 2.15. The van der Waals surface area contributed by atoms with Gasteiger partial charge in [-0.2, -0.15) is 15.6 Å². The Morgan fingerprint density at radius 2 is 1.78 bits per heavy atom. The van der Waals surface area contributed by atoms with Crippen LogP contribution in [-0.4, -0.2) is 46.3 Å². The van der Waals surface area contributed by atoms with Crippen LogP contribution in [0.1, 0.15) is 35.2 Å². The van der Waals surface area contributed by atoms with Crippen molar-refractivity contribution in [3.63, 3.8) is 0 Å². The zero-order chi connectivity index (χ0) is 23.5. The highest BCUT2D eigenvalue weighted by Crippen LogP contribution is 2.22. The Morgan fingerprint density at radius 3 is 2.38 bits per heavy atom. The predicted molar refractivity (Wildman–Crippen MR) is 119 cm³/mol. The smallest absolute Gasteiger partial charge is 0.331 e. The van der Waals surface area contributed by atoms with Gasteiger partial charge in [0, 0.05) is 24.7 Å². The van der Waals surface area contributed by atoms with Gasteiger partial charge in [-0.3, -0.25) is 4.79 Å². The zero-order valence-electron chi connectivity index (χ0n) is 18.0. The Labute approximate surface area is 192 Å². The highest BCUT2D eigenvalue weighted by molar-refractivity contribution is 6.31. The standard InChI is InChI=1S/C23H24ClN5O3/c1-17-5-7-19(8-6-17)15-29-23(24)20(18(2)27-29)9-10-22(31)32-16-21(30)28(13-3-11-25)14-4-12-26/h5-10H,3-4,13-16H2,1-2H3/b10-9+. The van der Waals surface area contributed by atoms with Crippen molar-refractivity contribution in [1.82, 2.24) is 14.7 Å². The maximum atomic E-state index is 12.2. The summed E-state index contributed by atoms with van der Waals surface area (Å²) < 4.78 is 6.66. The van der Waals surface area contributed by atoms with Crippen LogP contribution in [0, 0.1) is 36.5 Å². The van der Waals surface area contributed by atoms with E-state index in [1.54, 1.807) is 11.6 Å². The minimum atomic E-state index is -0.708. The van der Waals surface area contributed by atoms with Gasteiger partial charge in [0.25, 0.3) is 5.91 Å². The molecule has 0 fully saturated rings. The molecule has 0 aliphatic heterocycles. The fraction of sp³-hybridized carbons (Fsp3) is 0.348. The number of esters is 1. The van der Waals surface area contributed by atoms with Gasteiger partial charge in [0.05, 0.1) is 37.2 Å². The number of amides is 1. The second-order valence-corrected chi connectivity index (χ2v) is 7.43. The number of carbonyl (C=O) groups excluding carboxylic acids is 2. The summed E-state index contributed by atoms with van der Waals surface area (Å²) in [5.41, 5.74) is 3.45. The molecule has 1 heterocycles. The van der Waals surface area contributed by atoms with Crippen LogP contribution >= 0.6 is 11.6 Å². The third kappa shape index (κ3) is 7.26. The second-order valence-electron chi connectivity index (χ2n) is 7.07. The summed E-state index contributed by atoms with van der Waals surface area (Å²) in [6.45, 7) is 4.18. The lowest BCUT2D eigenvalue weighted by molar-refractivity contribution is -0.148. The molecule has 0 saturated heterocycles. The molecule has 1 amide bonds. The van der Waals surface area contributed by atoms with Gasteiger partial charge in [-0.05, 0) is 25.5 Å². The average molecular weight is 454 g/mol. The molecule has 0 radical (unpaired) electrons. The molecule has 0 aliphatic carbocycles. The second kappa shape index (κ2) is 12.3. The van der Waals surface area contributed by atoms with Crippen molar-refractivity contribution in [3.8, 4) is 12.1 Å². The van der Waals surface area contributed by atoms with Crippen LogP contribution in [0.15, 0.2) is 30.3 Å². The molecule has 0 N–H and O–H groups in total. The van der Waals surface area contributed by atoms with Crippen LogP contribution in [0.4, 0.5) is 0 Å². The number of aromatic nitrogens is 2. The van der Waals surface area contributed by atoms with Crippen molar-refractivity contribution in [2.45, 2.75) is 33.2 Å². The van der Waals surface area contributed by atoms with Crippen molar-refractivity contribution in [2.24, 2.45) is 0 Å². The third-order valence-electron chi connectivity index (χ3n) is 4.63. The number of nitrogens with zero attached hydrogens (tertiary/aromatic N) is 5. The third-order valence-corrected chi connectivity index (χ3v) is 5.02. The quantitative estimate of drug-likeness (QED) is 0.402. The summed E-state index contributed by atoms with van der Waals surface area (Å²) in [5.74, 6) is -1.17. The lowest BCUT2D eigenvalue weighted by Crippen LogP contribution is -2.36. The molecule has 0 saturated carbocycles. The van der Waals surface area contributed by atoms with Crippen LogP contribution in [0.5, 0.6) is 0 Å². The van der Waals surface area contributed by atoms with Crippen molar-refractivity contribution in [1.29, 1.82) is 10.5 Å². The SMILES string of the molecule is Cc1ccc(Cn2nc(C)c(/C=C/C(=O)OCC(=O)N(CCC#N)CCC#N)c2Cl)cc1. The van der Waals surface area contributed by atoms with Gasteiger partial charge >= 0.3 is 5.97 Å². The Balaban J connectivity index is 1.97. The van der Waals surface area contributed by atoms with E-state index in [0.717, 1.165) is 11.1 Å². The number of nitriles is 2. The van der Waals surface area contributed by atoms with E-state index in [9.17, 15) is 9.59 Å². The van der Waals surface area contributed by atoms with Gasteiger partial charge in [-0.15, -0.1) is 0 Å². The van der Waals surface area contributed by atoms with E-state index >= 15 is 0 Å². The van der Waals surface area contributed by atoms with Gasteiger partial charge in [0.15, 0.2) is 6.61 Å². The Morgan fingerprint density at radius 1 is 1.16 bits per heavy atom. The molecule has 1 aromatic carbocycles. The molecule has 0 aliphatic rings. The number of hydrogen-bond donors (Lipinski definition) is 0. The molecule has 8 nitrogen and oxygen atoms in total. The number of ether oxygens (including phenoxy) is 1. The molecule has 0 bridgehead atoms. The van der Waals surface area contributed by atoms with Crippen molar-refractivity contribution in [2.75, 3.05) is 19.7 Å². The van der Waals surface area contributed by atoms with Crippen LogP contribution in [0.3, 0.4) is 0 Å². The molecule has 0 atom stereocenters. The lowest BCUT2D eigenvalue weighted by atomic mass is 10.1. The molecule has 2 aromatic rings. The van der Waals surface area contributed by atoms with E-state index in [1.807, 2.05) is 43.3 Å². The Hall–Kier alpha value is -3.62. The maximum Gasteiger partial charge on any atom is 0.331 e. The molecule has 9 heteroatoms. The maximum absolute atomic E-state index is 12.2. The normalized spacial score (nSPS) is 10.5.